The van der Waals surface area contributed by atoms with E-state index in [9.17, 15) is 14.0 Å². The van der Waals surface area contributed by atoms with Crippen LogP contribution < -0.4 is 4.74 Å². The number of likely N-dealkylation sites (N-methyl/N-ethyl adjacent to an activating group) is 1. The molecule has 0 radical (unpaired) electrons. The third-order valence-electron chi connectivity index (χ3n) is 7.64. The summed E-state index contributed by atoms with van der Waals surface area (Å²) in [5.41, 5.74) is 1.81. The number of benzene rings is 2. The van der Waals surface area contributed by atoms with Crippen molar-refractivity contribution in [2.24, 2.45) is 7.05 Å². The zero-order valence-corrected chi connectivity index (χ0v) is 22.6. The number of para-hydroxylation sites is 1. The molecule has 8 nitrogen and oxygen atoms in total. The fraction of sp³-hybridized carbons (Fsp3) is 0.433. The summed E-state index contributed by atoms with van der Waals surface area (Å²) in [5.74, 6) is 0.195. The first-order valence-electron chi connectivity index (χ1n) is 13.6. The number of rotatable bonds is 3. The first kappa shape index (κ1) is 26.9. The van der Waals surface area contributed by atoms with E-state index in [1.165, 1.54) is 12.1 Å². The topological polar surface area (TPSA) is 76.9 Å². The van der Waals surface area contributed by atoms with Crippen LogP contribution in [-0.4, -0.2) is 76.4 Å². The summed E-state index contributed by atoms with van der Waals surface area (Å²) < 4.78 is 27.4. The van der Waals surface area contributed by atoms with Gasteiger partial charge in [0.15, 0.2) is 11.3 Å². The number of halogens is 1. The van der Waals surface area contributed by atoms with Gasteiger partial charge in [0.05, 0.1) is 25.4 Å². The normalized spacial score (nSPS) is 20.6. The van der Waals surface area contributed by atoms with Gasteiger partial charge in [0.1, 0.15) is 18.2 Å². The van der Waals surface area contributed by atoms with Crippen LogP contribution >= 0.6 is 0 Å². The Kier molecular flexibility index (Phi) is 7.97. The van der Waals surface area contributed by atoms with Gasteiger partial charge in [-0.2, -0.15) is 5.10 Å². The number of nitrogens with zero attached hydrogens (tertiary/aromatic N) is 4. The van der Waals surface area contributed by atoms with Crippen molar-refractivity contribution in [3.05, 3.63) is 71.7 Å². The standard InChI is InChI=1S/C30H35FN4O4/c1-3-34-16-18-38-27-10-5-4-8-23(27)9-6-7-15-30(29(34)37)21-35(17-19-39-30)28(36)25-20-26(33(2)32-25)22-11-13-24(31)14-12-22/h4-5,8,10-14,20H,3,6-7,9,15-19,21H2,1-2H3. The summed E-state index contributed by atoms with van der Waals surface area (Å²) in [7, 11) is 1.76. The fourth-order valence-corrected chi connectivity index (χ4v) is 5.50. The molecule has 1 spiro atoms. The summed E-state index contributed by atoms with van der Waals surface area (Å²) in [4.78, 5) is 31.0. The largest absolute Gasteiger partial charge is 0.491 e. The first-order chi connectivity index (χ1) is 18.9. The highest BCUT2D eigenvalue weighted by molar-refractivity contribution is 5.94. The number of morpholine rings is 1. The second kappa shape index (κ2) is 11.6. The Hall–Kier alpha value is -3.72. The second-order valence-corrected chi connectivity index (χ2v) is 10.2. The highest BCUT2D eigenvalue weighted by atomic mass is 19.1. The van der Waals surface area contributed by atoms with E-state index in [1.807, 2.05) is 25.1 Å². The van der Waals surface area contributed by atoms with Crippen LogP contribution in [0.1, 0.15) is 42.2 Å². The second-order valence-electron chi connectivity index (χ2n) is 10.2. The Morgan fingerprint density at radius 3 is 2.67 bits per heavy atom. The average Bonchev–Trinajstić information content (AvgIpc) is 3.34. The van der Waals surface area contributed by atoms with Gasteiger partial charge in [-0.3, -0.25) is 14.3 Å². The lowest BCUT2D eigenvalue weighted by molar-refractivity contribution is -0.170. The molecule has 0 N–H and O–H groups in total. The van der Waals surface area contributed by atoms with E-state index in [4.69, 9.17) is 9.47 Å². The number of ether oxygens (including phenoxy) is 2. The predicted octanol–water partition coefficient (Wildman–Crippen LogP) is 4.09. The van der Waals surface area contributed by atoms with Crippen LogP contribution in [0, 0.1) is 5.82 Å². The number of fused-ring (bicyclic) bond motifs is 1. The van der Waals surface area contributed by atoms with Crippen molar-refractivity contribution in [2.75, 3.05) is 39.4 Å². The number of aryl methyl sites for hydroxylation is 2. The molecule has 2 aliphatic rings. The minimum atomic E-state index is -1.11. The molecule has 1 atom stereocenters. The maximum absolute atomic E-state index is 13.9. The van der Waals surface area contributed by atoms with Crippen LogP contribution in [0.5, 0.6) is 5.75 Å². The van der Waals surface area contributed by atoms with Gasteiger partial charge in [0.25, 0.3) is 11.8 Å². The molecule has 0 bridgehead atoms. The molecule has 0 saturated carbocycles. The third kappa shape index (κ3) is 5.68. The number of carbonyl (C=O) groups is 2. The average molecular weight is 535 g/mol. The van der Waals surface area contributed by atoms with Crippen LogP contribution in [0.2, 0.25) is 0 Å². The van der Waals surface area contributed by atoms with Gasteiger partial charge in [-0.1, -0.05) is 18.2 Å². The Morgan fingerprint density at radius 1 is 1.08 bits per heavy atom. The lowest BCUT2D eigenvalue weighted by atomic mass is 9.91. The Morgan fingerprint density at radius 2 is 1.87 bits per heavy atom. The summed E-state index contributed by atoms with van der Waals surface area (Å²) in [6.45, 7) is 4.09. The van der Waals surface area contributed by atoms with Crippen molar-refractivity contribution in [3.63, 3.8) is 0 Å². The lowest BCUT2D eigenvalue weighted by Gasteiger charge is -2.43. The molecular weight excluding hydrogens is 499 g/mol. The first-order valence-corrected chi connectivity index (χ1v) is 13.6. The SMILES string of the molecule is CCN1CCOc2ccccc2CCCCC2(CN(C(=O)c3cc(-c4ccc(F)cc4)n(C)n3)CCO2)C1=O. The molecule has 5 rings (SSSR count). The molecule has 2 amide bonds. The van der Waals surface area contributed by atoms with Crippen LogP contribution in [0.25, 0.3) is 11.3 Å². The van der Waals surface area contributed by atoms with Crippen molar-refractivity contribution in [3.8, 4) is 17.0 Å². The number of carbonyl (C=O) groups excluding carboxylic acids is 2. The molecule has 9 heteroatoms. The molecule has 0 aliphatic carbocycles. The quantitative estimate of drug-likeness (QED) is 0.506. The van der Waals surface area contributed by atoms with Crippen LogP contribution in [0.15, 0.2) is 54.6 Å². The van der Waals surface area contributed by atoms with Gasteiger partial charge in [-0.05, 0) is 80.1 Å². The minimum Gasteiger partial charge on any atom is -0.491 e. The van der Waals surface area contributed by atoms with E-state index in [0.29, 0.717) is 38.4 Å². The summed E-state index contributed by atoms with van der Waals surface area (Å²) in [5, 5.41) is 4.45. The molecule has 206 valence electrons. The zero-order chi connectivity index (χ0) is 27.4. The van der Waals surface area contributed by atoms with Gasteiger partial charge in [0.2, 0.25) is 0 Å². The predicted molar refractivity (Wildman–Crippen MR) is 145 cm³/mol. The fourth-order valence-electron chi connectivity index (χ4n) is 5.50. The molecule has 1 fully saturated rings. The number of amides is 2. The van der Waals surface area contributed by atoms with Crippen molar-refractivity contribution >= 4 is 11.8 Å². The molecule has 39 heavy (non-hydrogen) atoms. The smallest absolute Gasteiger partial charge is 0.274 e. The maximum atomic E-state index is 13.9. The highest BCUT2D eigenvalue weighted by Crippen LogP contribution is 2.30. The van der Waals surface area contributed by atoms with E-state index < -0.39 is 5.60 Å². The Bertz CT molecular complexity index is 1320. The maximum Gasteiger partial charge on any atom is 0.274 e. The van der Waals surface area contributed by atoms with E-state index in [1.54, 1.807) is 39.7 Å². The summed E-state index contributed by atoms with van der Waals surface area (Å²) in [6.07, 6.45) is 3.02. The van der Waals surface area contributed by atoms with Crippen molar-refractivity contribution in [1.82, 2.24) is 19.6 Å². The van der Waals surface area contributed by atoms with Crippen LogP contribution in [-0.2, 0) is 23.0 Å². The Balaban J connectivity index is 1.37. The van der Waals surface area contributed by atoms with Gasteiger partial charge in [-0.15, -0.1) is 0 Å². The van der Waals surface area contributed by atoms with Gasteiger partial charge in [-0.25, -0.2) is 4.39 Å². The number of hydrogen-bond donors (Lipinski definition) is 0. The number of aromatic nitrogens is 2. The Labute approximate surface area is 228 Å². The van der Waals surface area contributed by atoms with Crippen LogP contribution in [0.4, 0.5) is 4.39 Å². The van der Waals surface area contributed by atoms with E-state index in [2.05, 4.69) is 11.2 Å². The third-order valence-corrected chi connectivity index (χ3v) is 7.64. The summed E-state index contributed by atoms with van der Waals surface area (Å²) in [6, 6.07) is 15.9. The van der Waals surface area contributed by atoms with Crippen molar-refractivity contribution < 1.29 is 23.5 Å². The molecule has 2 aromatic carbocycles. The van der Waals surface area contributed by atoms with E-state index in [-0.39, 0.29) is 36.5 Å². The minimum absolute atomic E-state index is 0.104. The molecule has 1 saturated heterocycles. The summed E-state index contributed by atoms with van der Waals surface area (Å²) >= 11 is 0. The molecule has 3 heterocycles. The van der Waals surface area contributed by atoms with E-state index in [0.717, 1.165) is 36.1 Å². The highest BCUT2D eigenvalue weighted by Gasteiger charge is 2.46. The molecule has 1 unspecified atom stereocenters. The molecule has 3 aromatic rings. The van der Waals surface area contributed by atoms with E-state index >= 15 is 0 Å². The van der Waals surface area contributed by atoms with Crippen molar-refractivity contribution in [2.45, 2.75) is 38.2 Å². The van der Waals surface area contributed by atoms with Gasteiger partial charge < -0.3 is 19.3 Å². The monoisotopic (exact) mass is 534 g/mol. The molecular formula is C30H35FN4O4. The van der Waals surface area contributed by atoms with Gasteiger partial charge >= 0.3 is 0 Å². The molecule has 1 aromatic heterocycles. The van der Waals surface area contributed by atoms with Gasteiger partial charge in [0, 0.05) is 20.1 Å². The number of hydrogen-bond acceptors (Lipinski definition) is 5. The zero-order valence-electron chi connectivity index (χ0n) is 22.6. The van der Waals surface area contributed by atoms with Crippen molar-refractivity contribution in [1.29, 1.82) is 0 Å². The molecule has 2 aliphatic heterocycles. The van der Waals surface area contributed by atoms with Crippen LogP contribution in [0.3, 0.4) is 0 Å². The lowest BCUT2D eigenvalue weighted by Crippen LogP contribution is -2.62.